The van der Waals surface area contributed by atoms with Crippen molar-refractivity contribution in [3.05, 3.63) is 94.0 Å². The van der Waals surface area contributed by atoms with Gasteiger partial charge in [-0.2, -0.15) is 0 Å². The molecule has 3 aromatic rings. The second-order valence-electron chi connectivity index (χ2n) is 7.52. The lowest BCUT2D eigenvalue weighted by atomic mass is 10.0. The lowest BCUT2D eigenvalue weighted by Crippen LogP contribution is -2.20. The average Bonchev–Trinajstić information content (AvgIpc) is 2.77. The van der Waals surface area contributed by atoms with Crippen molar-refractivity contribution in [3.8, 4) is 11.5 Å². The summed E-state index contributed by atoms with van der Waals surface area (Å²) >= 11 is 6.57. The molecule has 0 fully saturated rings. The number of rotatable bonds is 10. The molecule has 3 rings (SSSR count). The van der Waals surface area contributed by atoms with Crippen LogP contribution in [0, 0.1) is 6.92 Å². The molecule has 0 aliphatic carbocycles. The molecule has 3 nitrogen and oxygen atoms in total. The number of hydrogen-bond donors (Lipinski definition) is 1. The van der Waals surface area contributed by atoms with Crippen LogP contribution in [0.1, 0.15) is 48.1 Å². The third kappa shape index (κ3) is 7.17. The fourth-order valence-corrected chi connectivity index (χ4v) is 3.74. The van der Waals surface area contributed by atoms with Gasteiger partial charge in [-0.15, -0.1) is 12.4 Å². The smallest absolute Gasteiger partial charge is 0.180 e. The van der Waals surface area contributed by atoms with Crippen LogP contribution in [0.15, 0.2) is 66.7 Å². The molecule has 0 radical (unpaired) electrons. The molecule has 0 amide bonds. The van der Waals surface area contributed by atoms with Gasteiger partial charge in [0.1, 0.15) is 6.61 Å². The highest BCUT2D eigenvalue weighted by Crippen LogP contribution is 2.37. The molecule has 0 saturated heterocycles. The number of methoxy groups -OCH3 is 1. The number of benzene rings is 3. The molecule has 0 aromatic heterocycles. The maximum absolute atomic E-state index is 6.57. The van der Waals surface area contributed by atoms with Crippen molar-refractivity contribution in [2.75, 3.05) is 7.11 Å². The van der Waals surface area contributed by atoms with Crippen LogP contribution in [0.5, 0.6) is 11.5 Å². The molecule has 0 saturated carbocycles. The summed E-state index contributed by atoms with van der Waals surface area (Å²) in [7, 11) is 1.64. The minimum Gasteiger partial charge on any atom is -0.493 e. The van der Waals surface area contributed by atoms with Crippen molar-refractivity contribution in [1.29, 1.82) is 0 Å². The minimum atomic E-state index is 0. The van der Waals surface area contributed by atoms with Crippen LogP contribution in [-0.4, -0.2) is 7.11 Å². The van der Waals surface area contributed by atoms with Crippen LogP contribution < -0.4 is 14.8 Å². The second kappa shape index (κ2) is 12.6. The molecule has 166 valence electrons. The first-order valence-corrected chi connectivity index (χ1v) is 10.8. The first kappa shape index (κ1) is 25.1. The van der Waals surface area contributed by atoms with Crippen LogP contribution in [-0.2, 0) is 13.2 Å². The van der Waals surface area contributed by atoms with Gasteiger partial charge in [-0.1, -0.05) is 85.1 Å². The fourth-order valence-electron chi connectivity index (χ4n) is 3.46. The van der Waals surface area contributed by atoms with E-state index in [4.69, 9.17) is 21.1 Å². The van der Waals surface area contributed by atoms with Crippen molar-refractivity contribution in [2.24, 2.45) is 0 Å². The lowest BCUT2D eigenvalue weighted by molar-refractivity contribution is 0.284. The highest BCUT2D eigenvalue weighted by molar-refractivity contribution is 6.32. The quantitative estimate of drug-likeness (QED) is 0.345. The normalized spacial score (nSPS) is 11.5. The van der Waals surface area contributed by atoms with Gasteiger partial charge in [-0.3, -0.25) is 0 Å². The Bertz CT molecular complexity index is 930. The number of hydrogen-bond acceptors (Lipinski definition) is 3. The molecule has 0 spiro atoms. The van der Waals surface area contributed by atoms with Crippen molar-refractivity contribution in [2.45, 2.75) is 45.9 Å². The summed E-state index contributed by atoms with van der Waals surface area (Å²) in [4.78, 5) is 0. The van der Waals surface area contributed by atoms with E-state index in [1.165, 1.54) is 11.1 Å². The Balaban J connectivity index is 0.00000341. The van der Waals surface area contributed by atoms with Crippen molar-refractivity contribution in [3.63, 3.8) is 0 Å². The number of ether oxygens (including phenoxy) is 2. The van der Waals surface area contributed by atoms with Gasteiger partial charge in [0.25, 0.3) is 0 Å². The Labute approximate surface area is 197 Å². The fraction of sp³-hybridized carbons (Fsp3) is 0.308. The third-order valence-corrected chi connectivity index (χ3v) is 5.41. The van der Waals surface area contributed by atoms with Gasteiger partial charge in [-0.25, -0.2) is 0 Å². The summed E-state index contributed by atoms with van der Waals surface area (Å²) in [6.45, 7) is 5.42. The van der Waals surface area contributed by atoms with E-state index in [1.807, 2.05) is 18.2 Å². The second-order valence-corrected chi connectivity index (χ2v) is 7.92. The summed E-state index contributed by atoms with van der Waals surface area (Å²) < 4.78 is 11.6. The van der Waals surface area contributed by atoms with Crippen LogP contribution >= 0.6 is 24.0 Å². The van der Waals surface area contributed by atoms with Gasteiger partial charge in [0.05, 0.1) is 12.1 Å². The summed E-state index contributed by atoms with van der Waals surface area (Å²) in [5, 5.41) is 4.22. The zero-order valence-electron chi connectivity index (χ0n) is 18.4. The number of aryl methyl sites for hydroxylation is 1. The van der Waals surface area contributed by atoms with Crippen LogP contribution in [0.4, 0.5) is 0 Å². The molecule has 1 atom stereocenters. The monoisotopic (exact) mass is 459 g/mol. The number of nitrogens with one attached hydrogen (secondary N) is 1. The Kier molecular flexibility index (Phi) is 10.2. The largest absolute Gasteiger partial charge is 0.493 e. The Morgan fingerprint density at radius 2 is 1.68 bits per heavy atom. The zero-order chi connectivity index (χ0) is 21.3. The molecule has 1 N–H and O–H groups in total. The molecule has 5 heteroatoms. The van der Waals surface area contributed by atoms with E-state index in [0.717, 1.165) is 24.0 Å². The van der Waals surface area contributed by atoms with E-state index < -0.39 is 0 Å². The Hall–Kier alpha value is -2.20. The molecule has 0 heterocycles. The highest BCUT2D eigenvalue weighted by atomic mass is 35.5. The van der Waals surface area contributed by atoms with Crippen molar-refractivity contribution in [1.82, 2.24) is 5.32 Å². The average molecular weight is 460 g/mol. The summed E-state index contributed by atoms with van der Waals surface area (Å²) in [5.74, 6) is 1.23. The zero-order valence-corrected chi connectivity index (χ0v) is 19.9. The molecule has 0 aliphatic rings. The minimum absolute atomic E-state index is 0. The van der Waals surface area contributed by atoms with E-state index in [-0.39, 0.29) is 12.4 Å². The SMILES string of the molecule is CCCC(NCc1cc(Cl)c(OCc2ccc(C)cc2)c(OC)c1)c1ccccc1.Cl. The van der Waals surface area contributed by atoms with Gasteiger partial charge in [0.15, 0.2) is 11.5 Å². The Morgan fingerprint density at radius 1 is 0.968 bits per heavy atom. The van der Waals surface area contributed by atoms with Crippen molar-refractivity contribution >= 4 is 24.0 Å². The number of halogens is 2. The molecule has 0 bridgehead atoms. The van der Waals surface area contributed by atoms with Crippen molar-refractivity contribution < 1.29 is 9.47 Å². The summed E-state index contributed by atoms with van der Waals surface area (Å²) in [6.07, 6.45) is 2.19. The predicted molar refractivity (Wildman–Crippen MR) is 132 cm³/mol. The van der Waals surface area contributed by atoms with E-state index in [1.54, 1.807) is 7.11 Å². The molecular formula is C26H31Cl2NO2. The van der Waals surface area contributed by atoms with E-state index in [0.29, 0.717) is 35.7 Å². The van der Waals surface area contributed by atoms with Crippen LogP contribution in [0.25, 0.3) is 0 Å². The lowest BCUT2D eigenvalue weighted by Gasteiger charge is -2.20. The maximum atomic E-state index is 6.57. The van der Waals surface area contributed by atoms with Gasteiger partial charge in [0.2, 0.25) is 0 Å². The molecule has 0 aliphatic heterocycles. The maximum Gasteiger partial charge on any atom is 0.180 e. The molecule has 1 unspecified atom stereocenters. The van der Waals surface area contributed by atoms with Gasteiger partial charge in [-0.05, 0) is 42.2 Å². The predicted octanol–water partition coefficient (Wildman–Crippen LogP) is 7.29. The highest BCUT2D eigenvalue weighted by Gasteiger charge is 2.14. The Morgan fingerprint density at radius 3 is 2.32 bits per heavy atom. The van der Waals surface area contributed by atoms with Crippen LogP contribution in [0.3, 0.4) is 0 Å². The first-order chi connectivity index (χ1) is 14.6. The van der Waals surface area contributed by atoms with Gasteiger partial charge >= 0.3 is 0 Å². The molecule has 31 heavy (non-hydrogen) atoms. The molecular weight excluding hydrogens is 429 g/mol. The summed E-state index contributed by atoms with van der Waals surface area (Å²) in [6, 6.07) is 23.1. The first-order valence-electron chi connectivity index (χ1n) is 10.4. The standard InChI is InChI=1S/C26H30ClNO2.ClH/c1-4-8-24(22-9-6-5-7-10-22)28-17-21-15-23(27)26(25(16-21)29-3)30-18-20-13-11-19(2)12-14-20;/h5-7,9-16,24,28H,4,8,17-18H2,1-3H3;1H. The van der Waals surface area contributed by atoms with Gasteiger partial charge < -0.3 is 14.8 Å². The topological polar surface area (TPSA) is 30.5 Å². The van der Waals surface area contributed by atoms with Crippen LogP contribution in [0.2, 0.25) is 5.02 Å². The molecule has 3 aromatic carbocycles. The van der Waals surface area contributed by atoms with E-state index >= 15 is 0 Å². The van der Waals surface area contributed by atoms with E-state index in [9.17, 15) is 0 Å². The van der Waals surface area contributed by atoms with Gasteiger partial charge in [0, 0.05) is 12.6 Å². The summed E-state index contributed by atoms with van der Waals surface area (Å²) in [5.41, 5.74) is 4.69. The van der Waals surface area contributed by atoms with E-state index in [2.05, 4.69) is 67.7 Å². The third-order valence-electron chi connectivity index (χ3n) is 5.12.